The van der Waals surface area contributed by atoms with E-state index >= 15 is 0 Å². The molecular formula is C21H27N4O+. The molecule has 2 heterocycles. The number of aromatic hydroxyl groups is 1. The Morgan fingerprint density at radius 1 is 1.00 bits per heavy atom. The minimum absolute atomic E-state index is 0.320. The third kappa shape index (κ3) is 3.68. The Hall–Kier alpha value is -2.53. The number of piperidine rings is 1. The predicted octanol–water partition coefficient (Wildman–Crippen LogP) is 2.42. The van der Waals surface area contributed by atoms with Crippen molar-refractivity contribution in [1.29, 1.82) is 0 Å². The van der Waals surface area contributed by atoms with Crippen LogP contribution in [-0.4, -0.2) is 34.3 Å². The van der Waals surface area contributed by atoms with Crippen molar-refractivity contribution in [2.24, 2.45) is 0 Å². The number of nitrogens with one attached hydrogen (secondary N) is 2. The third-order valence-corrected chi connectivity index (χ3v) is 5.33. The average molecular weight is 351 g/mol. The number of nitrogens with zero attached hydrogens (tertiary/aromatic N) is 2. The number of anilines is 1. The van der Waals surface area contributed by atoms with Crippen molar-refractivity contribution in [2.75, 3.05) is 25.0 Å². The smallest absolute Gasteiger partial charge is 0.204 e. The van der Waals surface area contributed by atoms with Crippen LogP contribution in [0.15, 0.2) is 48.5 Å². The molecule has 1 saturated heterocycles. The van der Waals surface area contributed by atoms with Crippen LogP contribution in [0.25, 0.3) is 11.0 Å². The van der Waals surface area contributed by atoms with Gasteiger partial charge in [0.05, 0.1) is 37.2 Å². The molecule has 0 spiro atoms. The maximum atomic E-state index is 10.0. The minimum atomic E-state index is 0.320. The summed E-state index contributed by atoms with van der Waals surface area (Å²) in [7, 11) is 0. The molecule has 26 heavy (non-hydrogen) atoms. The molecule has 0 radical (unpaired) electrons. The van der Waals surface area contributed by atoms with Gasteiger partial charge in [-0.1, -0.05) is 30.3 Å². The molecule has 1 fully saturated rings. The van der Waals surface area contributed by atoms with E-state index in [0.29, 0.717) is 12.3 Å². The number of phenolic OH excluding ortho intramolecular Hbond substituents is 1. The molecule has 3 aromatic rings. The second-order valence-corrected chi connectivity index (χ2v) is 7.12. The van der Waals surface area contributed by atoms with Gasteiger partial charge < -0.3 is 19.9 Å². The van der Waals surface area contributed by atoms with Gasteiger partial charge in [0, 0.05) is 12.1 Å². The fraction of sp³-hybridized carbons (Fsp3) is 0.381. The lowest BCUT2D eigenvalue weighted by Gasteiger charge is -2.24. The van der Waals surface area contributed by atoms with E-state index in [1.165, 1.54) is 37.9 Å². The molecule has 0 atom stereocenters. The predicted molar refractivity (Wildman–Crippen MR) is 105 cm³/mol. The van der Waals surface area contributed by atoms with Crippen LogP contribution in [-0.2, 0) is 13.1 Å². The highest BCUT2D eigenvalue weighted by atomic mass is 16.3. The van der Waals surface area contributed by atoms with Gasteiger partial charge >= 0.3 is 0 Å². The Labute approximate surface area is 154 Å². The molecule has 0 saturated carbocycles. The van der Waals surface area contributed by atoms with Gasteiger partial charge in [0.1, 0.15) is 5.75 Å². The lowest BCUT2D eigenvalue weighted by atomic mass is 10.1. The van der Waals surface area contributed by atoms with Crippen molar-refractivity contribution in [3.63, 3.8) is 0 Å². The normalized spacial score (nSPS) is 15.4. The van der Waals surface area contributed by atoms with Crippen molar-refractivity contribution in [2.45, 2.75) is 32.4 Å². The first-order chi connectivity index (χ1) is 12.8. The number of imidazole rings is 1. The third-order valence-electron chi connectivity index (χ3n) is 5.33. The zero-order chi connectivity index (χ0) is 17.8. The highest BCUT2D eigenvalue weighted by Gasteiger charge is 2.16. The molecule has 136 valence electrons. The Bertz CT molecular complexity index is 867. The van der Waals surface area contributed by atoms with E-state index in [-0.39, 0.29) is 0 Å². The zero-order valence-electron chi connectivity index (χ0n) is 15.1. The molecule has 0 bridgehead atoms. The monoisotopic (exact) mass is 351 g/mol. The van der Waals surface area contributed by atoms with Crippen molar-refractivity contribution >= 4 is 17.0 Å². The largest absolute Gasteiger partial charge is 0.508 e. The zero-order valence-corrected chi connectivity index (χ0v) is 15.1. The lowest BCUT2D eigenvalue weighted by molar-refractivity contribution is -0.905. The van der Waals surface area contributed by atoms with Crippen molar-refractivity contribution in [1.82, 2.24) is 9.55 Å². The van der Waals surface area contributed by atoms with E-state index in [4.69, 9.17) is 4.98 Å². The standard InChI is InChI=1S/C21H26N4O/c26-20-11-5-2-8-17(20)16-22-21-23-18-9-3-4-10-19(18)25(21)15-14-24-12-6-1-7-13-24/h2-5,8-11,26H,1,6-7,12-16H2,(H,22,23)/p+1. The van der Waals surface area contributed by atoms with Gasteiger partial charge in [-0.05, 0) is 37.5 Å². The fourth-order valence-corrected chi connectivity index (χ4v) is 3.84. The second kappa shape index (κ2) is 7.79. The first-order valence-electron chi connectivity index (χ1n) is 9.61. The summed E-state index contributed by atoms with van der Waals surface area (Å²) in [6.45, 7) is 5.22. The number of phenols is 1. The Morgan fingerprint density at radius 2 is 1.77 bits per heavy atom. The lowest BCUT2D eigenvalue weighted by Crippen LogP contribution is -3.13. The molecule has 5 heteroatoms. The number of fused-ring (bicyclic) bond motifs is 1. The van der Waals surface area contributed by atoms with Gasteiger partial charge in [-0.3, -0.25) is 0 Å². The minimum Gasteiger partial charge on any atom is -0.508 e. The quantitative estimate of drug-likeness (QED) is 0.639. The molecule has 1 aliphatic heterocycles. The molecule has 0 amide bonds. The van der Waals surface area contributed by atoms with Crippen LogP contribution in [0.4, 0.5) is 5.95 Å². The SMILES string of the molecule is Oc1ccccc1CNc1nc2ccccc2n1CC[NH+]1CCCCC1. The maximum Gasteiger partial charge on any atom is 0.204 e. The van der Waals surface area contributed by atoms with Crippen molar-refractivity contribution in [3.05, 3.63) is 54.1 Å². The number of hydrogen-bond acceptors (Lipinski definition) is 3. The molecule has 5 nitrogen and oxygen atoms in total. The van der Waals surface area contributed by atoms with E-state index in [9.17, 15) is 5.11 Å². The number of aromatic nitrogens is 2. The van der Waals surface area contributed by atoms with Crippen LogP contribution in [0.5, 0.6) is 5.75 Å². The van der Waals surface area contributed by atoms with Crippen molar-refractivity contribution in [3.8, 4) is 5.75 Å². The average Bonchev–Trinajstić information content (AvgIpc) is 3.04. The number of rotatable bonds is 6. The summed E-state index contributed by atoms with van der Waals surface area (Å²) in [6.07, 6.45) is 4.07. The molecule has 2 aromatic carbocycles. The number of quaternary nitrogens is 1. The maximum absolute atomic E-state index is 10.0. The summed E-state index contributed by atoms with van der Waals surface area (Å²) in [5, 5.41) is 13.4. The molecule has 0 aliphatic carbocycles. The highest BCUT2D eigenvalue weighted by Crippen LogP contribution is 2.21. The number of benzene rings is 2. The molecule has 1 aliphatic rings. The van der Waals surface area contributed by atoms with Gasteiger partial charge in [-0.2, -0.15) is 0 Å². The molecule has 1 aromatic heterocycles. The fourth-order valence-electron chi connectivity index (χ4n) is 3.84. The van der Waals surface area contributed by atoms with Gasteiger partial charge in [-0.25, -0.2) is 4.98 Å². The van der Waals surface area contributed by atoms with E-state index in [2.05, 4.69) is 28.1 Å². The van der Waals surface area contributed by atoms with Crippen LogP contribution in [0.2, 0.25) is 0 Å². The van der Waals surface area contributed by atoms with E-state index in [1.807, 2.05) is 24.3 Å². The van der Waals surface area contributed by atoms with Gasteiger partial charge in [0.15, 0.2) is 0 Å². The van der Waals surface area contributed by atoms with Crippen LogP contribution in [0.3, 0.4) is 0 Å². The summed E-state index contributed by atoms with van der Waals surface area (Å²) in [6, 6.07) is 15.7. The summed E-state index contributed by atoms with van der Waals surface area (Å²) in [5.74, 6) is 1.20. The van der Waals surface area contributed by atoms with Crippen LogP contribution < -0.4 is 10.2 Å². The van der Waals surface area contributed by atoms with Crippen LogP contribution in [0.1, 0.15) is 24.8 Å². The van der Waals surface area contributed by atoms with E-state index in [0.717, 1.165) is 30.1 Å². The summed E-state index contributed by atoms with van der Waals surface area (Å²) < 4.78 is 2.29. The number of hydrogen-bond donors (Lipinski definition) is 3. The summed E-state index contributed by atoms with van der Waals surface area (Å²) >= 11 is 0. The molecule has 4 rings (SSSR count). The second-order valence-electron chi connectivity index (χ2n) is 7.12. The Morgan fingerprint density at radius 3 is 2.62 bits per heavy atom. The Balaban J connectivity index is 1.54. The van der Waals surface area contributed by atoms with Gasteiger partial charge in [-0.15, -0.1) is 0 Å². The molecular weight excluding hydrogens is 324 g/mol. The summed E-state index contributed by atoms with van der Waals surface area (Å²) in [5.41, 5.74) is 3.07. The molecule has 0 unspecified atom stereocenters. The number of likely N-dealkylation sites (tertiary alicyclic amines) is 1. The first-order valence-corrected chi connectivity index (χ1v) is 9.61. The van der Waals surface area contributed by atoms with Crippen molar-refractivity contribution < 1.29 is 10.0 Å². The summed E-state index contributed by atoms with van der Waals surface area (Å²) in [4.78, 5) is 6.48. The highest BCUT2D eigenvalue weighted by molar-refractivity contribution is 5.78. The first kappa shape index (κ1) is 16.9. The van der Waals surface area contributed by atoms with Gasteiger partial charge in [0.25, 0.3) is 0 Å². The van der Waals surface area contributed by atoms with E-state index < -0.39 is 0 Å². The van der Waals surface area contributed by atoms with Crippen LogP contribution >= 0.6 is 0 Å². The van der Waals surface area contributed by atoms with Crippen LogP contribution in [0, 0.1) is 0 Å². The number of para-hydroxylation sites is 3. The van der Waals surface area contributed by atoms with Gasteiger partial charge in [0.2, 0.25) is 5.95 Å². The Kier molecular flexibility index (Phi) is 5.07. The van der Waals surface area contributed by atoms with E-state index in [1.54, 1.807) is 11.0 Å². The molecule has 3 N–H and O–H groups in total. The topological polar surface area (TPSA) is 54.5 Å².